The minimum absolute atomic E-state index is 0.285. The van der Waals surface area contributed by atoms with Crippen LogP contribution in [-0.4, -0.2) is 7.11 Å². The predicted molar refractivity (Wildman–Crippen MR) is 71.0 cm³/mol. The molecule has 0 aliphatic heterocycles. The molecule has 2 N–H and O–H groups in total. The molecule has 0 bridgehead atoms. The van der Waals surface area contributed by atoms with Crippen molar-refractivity contribution in [2.45, 2.75) is 38.1 Å². The molecule has 18 heavy (non-hydrogen) atoms. The van der Waals surface area contributed by atoms with Crippen molar-refractivity contribution < 1.29 is 9.13 Å². The second kappa shape index (κ2) is 6.01. The van der Waals surface area contributed by atoms with Gasteiger partial charge < -0.3 is 10.5 Å². The SMILES string of the molecule is COc1ccc(C(N)C2=CCCCCC2)c(F)c1. The molecule has 1 aromatic rings. The van der Waals surface area contributed by atoms with Gasteiger partial charge in [-0.15, -0.1) is 0 Å². The van der Waals surface area contributed by atoms with Crippen LogP contribution in [0.1, 0.15) is 43.7 Å². The van der Waals surface area contributed by atoms with Crippen LogP contribution >= 0.6 is 0 Å². The molecule has 1 aromatic carbocycles. The number of rotatable bonds is 3. The number of nitrogens with two attached hydrogens (primary N) is 1. The lowest BCUT2D eigenvalue weighted by Gasteiger charge is -2.17. The highest BCUT2D eigenvalue weighted by atomic mass is 19.1. The highest BCUT2D eigenvalue weighted by molar-refractivity contribution is 5.34. The first-order valence-corrected chi connectivity index (χ1v) is 6.50. The van der Waals surface area contributed by atoms with Gasteiger partial charge in [-0.1, -0.05) is 24.1 Å². The second-order valence-electron chi connectivity index (χ2n) is 4.74. The Balaban J connectivity index is 2.22. The second-order valence-corrected chi connectivity index (χ2v) is 4.74. The maximum Gasteiger partial charge on any atom is 0.131 e. The molecule has 2 rings (SSSR count). The molecular formula is C15H20FNO. The smallest absolute Gasteiger partial charge is 0.131 e. The van der Waals surface area contributed by atoms with Crippen molar-refractivity contribution in [1.29, 1.82) is 0 Å². The summed E-state index contributed by atoms with van der Waals surface area (Å²) >= 11 is 0. The number of ether oxygens (including phenoxy) is 1. The number of hydrogen-bond acceptors (Lipinski definition) is 2. The van der Waals surface area contributed by atoms with Gasteiger partial charge >= 0.3 is 0 Å². The highest BCUT2D eigenvalue weighted by Gasteiger charge is 2.17. The minimum Gasteiger partial charge on any atom is -0.497 e. The van der Waals surface area contributed by atoms with E-state index in [0.717, 1.165) is 24.8 Å². The maximum atomic E-state index is 14.0. The third-order valence-corrected chi connectivity index (χ3v) is 3.52. The Bertz CT molecular complexity index is 442. The molecule has 1 aliphatic rings. The largest absolute Gasteiger partial charge is 0.497 e. The molecule has 0 amide bonds. The number of halogens is 1. The summed E-state index contributed by atoms with van der Waals surface area (Å²) in [5, 5.41) is 0. The summed E-state index contributed by atoms with van der Waals surface area (Å²) in [5.74, 6) is 0.241. The molecule has 0 fully saturated rings. The van der Waals surface area contributed by atoms with Gasteiger partial charge in [0.2, 0.25) is 0 Å². The van der Waals surface area contributed by atoms with Crippen LogP contribution in [0, 0.1) is 5.82 Å². The van der Waals surface area contributed by atoms with Crippen LogP contribution in [0.25, 0.3) is 0 Å². The van der Waals surface area contributed by atoms with E-state index in [0.29, 0.717) is 11.3 Å². The quantitative estimate of drug-likeness (QED) is 0.828. The molecule has 1 atom stereocenters. The van der Waals surface area contributed by atoms with Gasteiger partial charge in [-0.2, -0.15) is 0 Å². The van der Waals surface area contributed by atoms with Crippen LogP contribution in [-0.2, 0) is 0 Å². The summed E-state index contributed by atoms with van der Waals surface area (Å²) in [4.78, 5) is 0. The highest BCUT2D eigenvalue weighted by Crippen LogP contribution is 2.30. The molecule has 0 saturated heterocycles. The molecule has 0 radical (unpaired) electrons. The van der Waals surface area contributed by atoms with E-state index >= 15 is 0 Å². The Kier molecular flexibility index (Phi) is 4.37. The van der Waals surface area contributed by atoms with Gasteiger partial charge in [-0.05, 0) is 31.7 Å². The Morgan fingerprint density at radius 1 is 1.28 bits per heavy atom. The van der Waals surface area contributed by atoms with Gasteiger partial charge in [0.15, 0.2) is 0 Å². The molecule has 3 heteroatoms. The van der Waals surface area contributed by atoms with Crippen LogP contribution in [0.2, 0.25) is 0 Å². The van der Waals surface area contributed by atoms with Crippen molar-refractivity contribution in [1.82, 2.24) is 0 Å². The van der Waals surface area contributed by atoms with Crippen LogP contribution in [0.3, 0.4) is 0 Å². The van der Waals surface area contributed by atoms with E-state index in [4.69, 9.17) is 10.5 Å². The minimum atomic E-state index is -0.325. The predicted octanol–water partition coefficient (Wildman–Crippen LogP) is 3.72. The van der Waals surface area contributed by atoms with Gasteiger partial charge in [-0.3, -0.25) is 0 Å². The van der Waals surface area contributed by atoms with Gasteiger partial charge in [0, 0.05) is 11.6 Å². The van der Waals surface area contributed by atoms with Crippen LogP contribution < -0.4 is 10.5 Å². The normalized spacial score (nSPS) is 17.8. The lowest BCUT2D eigenvalue weighted by atomic mass is 9.95. The number of methoxy groups -OCH3 is 1. The third kappa shape index (κ3) is 2.91. The van der Waals surface area contributed by atoms with Gasteiger partial charge in [0.25, 0.3) is 0 Å². The van der Waals surface area contributed by atoms with Crippen LogP contribution in [0.15, 0.2) is 29.8 Å². The first-order valence-electron chi connectivity index (χ1n) is 6.50. The van der Waals surface area contributed by atoms with Crippen molar-refractivity contribution in [3.05, 3.63) is 41.2 Å². The number of hydrogen-bond donors (Lipinski definition) is 1. The maximum absolute atomic E-state index is 14.0. The summed E-state index contributed by atoms with van der Waals surface area (Å²) < 4.78 is 19.0. The van der Waals surface area contributed by atoms with Crippen molar-refractivity contribution >= 4 is 0 Å². The molecular weight excluding hydrogens is 229 g/mol. The molecule has 98 valence electrons. The van der Waals surface area contributed by atoms with E-state index in [1.807, 2.05) is 0 Å². The van der Waals surface area contributed by atoms with Crippen LogP contribution in [0.4, 0.5) is 4.39 Å². The molecule has 2 nitrogen and oxygen atoms in total. The Morgan fingerprint density at radius 3 is 2.83 bits per heavy atom. The monoisotopic (exact) mass is 249 g/mol. The van der Waals surface area contributed by atoms with Crippen molar-refractivity contribution in [2.75, 3.05) is 7.11 Å². The van der Waals surface area contributed by atoms with E-state index in [-0.39, 0.29) is 11.9 Å². The Morgan fingerprint density at radius 2 is 2.11 bits per heavy atom. The molecule has 0 heterocycles. The lowest BCUT2D eigenvalue weighted by Crippen LogP contribution is -2.15. The van der Waals surface area contributed by atoms with E-state index in [1.54, 1.807) is 12.1 Å². The van der Waals surface area contributed by atoms with Crippen molar-refractivity contribution in [3.63, 3.8) is 0 Å². The van der Waals surface area contributed by atoms with Gasteiger partial charge in [-0.25, -0.2) is 4.39 Å². The molecule has 0 spiro atoms. The Hall–Kier alpha value is -1.35. The lowest BCUT2D eigenvalue weighted by molar-refractivity contribution is 0.410. The first-order chi connectivity index (χ1) is 8.72. The topological polar surface area (TPSA) is 35.2 Å². The third-order valence-electron chi connectivity index (χ3n) is 3.52. The van der Waals surface area contributed by atoms with E-state index in [1.165, 1.54) is 26.0 Å². The number of allylic oxidation sites excluding steroid dienone is 1. The zero-order chi connectivity index (χ0) is 13.0. The fourth-order valence-corrected chi connectivity index (χ4v) is 2.41. The standard InChI is InChI=1S/C15H20FNO/c1-18-12-8-9-13(14(16)10-12)15(17)11-6-4-2-3-5-7-11/h6,8-10,15H,2-5,7,17H2,1H3. The fourth-order valence-electron chi connectivity index (χ4n) is 2.41. The molecule has 1 unspecified atom stereocenters. The average molecular weight is 249 g/mol. The van der Waals surface area contributed by atoms with E-state index in [2.05, 4.69) is 6.08 Å². The van der Waals surface area contributed by atoms with Crippen molar-refractivity contribution in [2.24, 2.45) is 5.73 Å². The average Bonchev–Trinajstić information content (AvgIpc) is 2.66. The summed E-state index contributed by atoms with van der Waals surface area (Å²) in [6.07, 6.45) is 7.81. The summed E-state index contributed by atoms with van der Waals surface area (Å²) in [5.41, 5.74) is 7.91. The molecule has 0 aromatic heterocycles. The van der Waals surface area contributed by atoms with Gasteiger partial charge in [0.05, 0.1) is 13.2 Å². The number of benzene rings is 1. The first kappa shape index (κ1) is 13.1. The van der Waals surface area contributed by atoms with E-state index < -0.39 is 0 Å². The Labute approximate surface area is 108 Å². The fraction of sp³-hybridized carbons (Fsp3) is 0.467. The molecule has 0 saturated carbocycles. The summed E-state index contributed by atoms with van der Waals surface area (Å²) in [6, 6.07) is 4.56. The summed E-state index contributed by atoms with van der Waals surface area (Å²) in [6.45, 7) is 0. The molecule has 1 aliphatic carbocycles. The van der Waals surface area contributed by atoms with Crippen molar-refractivity contribution in [3.8, 4) is 5.75 Å². The van der Waals surface area contributed by atoms with Crippen LogP contribution in [0.5, 0.6) is 5.75 Å². The summed E-state index contributed by atoms with van der Waals surface area (Å²) in [7, 11) is 1.53. The van der Waals surface area contributed by atoms with E-state index in [9.17, 15) is 4.39 Å². The van der Waals surface area contributed by atoms with Gasteiger partial charge in [0.1, 0.15) is 11.6 Å². The zero-order valence-electron chi connectivity index (χ0n) is 10.8. The zero-order valence-corrected chi connectivity index (χ0v) is 10.8.